The summed E-state index contributed by atoms with van der Waals surface area (Å²) in [5, 5.41) is 2.06. The number of ether oxygens (including phenoxy) is 1. The predicted octanol–water partition coefficient (Wildman–Crippen LogP) is 3.10. The molecule has 1 amide bonds. The molecule has 7 heteroatoms. The second kappa shape index (κ2) is 5.00. The standard InChI is InChI=1S/C11H13BF3NO2/c1-5-8(6(13)7(14)9(15)12-5)16-10(17)18-11(2,3)4/h1-4H3,(H,16,17). The molecule has 0 saturated heterocycles. The molecule has 1 aromatic rings. The van der Waals surface area contributed by atoms with Crippen molar-refractivity contribution < 1.29 is 22.7 Å². The summed E-state index contributed by atoms with van der Waals surface area (Å²) in [4.78, 5) is 11.4. The first-order chi connectivity index (χ1) is 8.11. The average Bonchev–Trinajstić information content (AvgIpc) is 2.19. The quantitative estimate of drug-likeness (QED) is 0.841. The van der Waals surface area contributed by atoms with Crippen molar-refractivity contribution in [3.63, 3.8) is 0 Å². The van der Waals surface area contributed by atoms with E-state index in [4.69, 9.17) is 4.74 Å². The van der Waals surface area contributed by atoms with E-state index in [2.05, 4.69) is 5.32 Å². The molecule has 0 aliphatic heterocycles. The minimum absolute atomic E-state index is 0.0669. The summed E-state index contributed by atoms with van der Waals surface area (Å²) in [7, 11) is 0. The summed E-state index contributed by atoms with van der Waals surface area (Å²) in [5.41, 5.74) is -2.44. The van der Waals surface area contributed by atoms with Gasteiger partial charge in [0, 0.05) is 0 Å². The maximum atomic E-state index is 13.4. The molecule has 1 rings (SSSR count). The third-order valence-electron chi connectivity index (χ3n) is 1.99. The van der Waals surface area contributed by atoms with E-state index in [1.165, 1.54) is 6.92 Å². The van der Waals surface area contributed by atoms with Gasteiger partial charge in [-0.15, -0.1) is 0 Å². The van der Waals surface area contributed by atoms with Gasteiger partial charge in [0.2, 0.25) is 0 Å². The van der Waals surface area contributed by atoms with E-state index in [-0.39, 0.29) is 5.46 Å². The van der Waals surface area contributed by atoms with Crippen LogP contribution in [0.3, 0.4) is 0 Å². The van der Waals surface area contributed by atoms with E-state index in [0.29, 0.717) is 0 Å². The number of anilines is 1. The summed E-state index contributed by atoms with van der Waals surface area (Å²) in [6.07, 6.45) is -0.935. The fourth-order valence-corrected chi connectivity index (χ4v) is 1.27. The predicted molar refractivity (Wildman–Crippen MR) is 62.3 cm³/mol. The van der Waals surface area contributed by atoms with Gasteiger partial charge in [0.05, 0.1) is 0 Å². The van der Waals surface area contributed by atoms with Crippen LogP contribution >= 0.6 is 0 Å². The number of amides is 1. The zero-order chi connectivity index (χ0) is 14.1. The van der Waals surface area contributed by atoms with Gasteiger partial charge in [0.1, 0.15) is 0 Å². The third kappa shape index (κ3) is 3.48. The Labute approximate surface area is 104 Å². The van der Waals surface area contributed by atoms with Crippen molar-refractivity contribution in [3.8, 4) is 0 Å². The van der Waals surface area contributed by atoms with Gasteiger partial charge in [0.15, 0.2) is 0 Å². The van der Waals surface area contributed by atoms with Crippen molar-refractivity contribution in [2.24, 2.45) is 0 Å². The van der Waals surface area contributed by atoms with Crippen molar-refractivity contribution in [1.82, 2.24) is 0 Å². The van der Waals surface area contributed by atoms with Crippen LogP contribution in [0.2, 0.25) is 0 Å². The Morgan fingerprint density at radius 1 is 1.22 bits per heavy atom. The first kappa shape index (κ1) is 14.5. The van der Waals surface area contributed by atoms with Gasteiger partial charge in [-0.05, 0) is 0 Å². The van der Waals surface area contributed by atoms with Gasteiger partial charge in [-0.1, -0.05) is 0 Å². The molecule has 1 aromatic heterocycles. The van der Waals surface area contributed by atoms with Gasteiger partial charge >= 0.3 is 103 Å². The number of aryl methyl sites for hydroxylation is 1. The molecule has 0 saturated carbocycles. The number of carbonyl (C=O) groups excluding carboxylic acids is 1. The molecule has 0 aliphatic rings. The second-order valence-corrected chi connectivity index (χ2v) is 4.81. The van der Waals surface area contributed by atoms with E-state index in [1.807, 2.05) is 0 Å². The minimum atomic E-state index is -1.63. The van der Waals surface area contributed by atoms with E-state index in [9.17, 15) is 18.0 Å². The Bertz CT molecular complexity index is 486. The molecule has 3 nitrogen and oxygen atoms in total. The van der Waals surface area contributed by atoms with Crippen molar-refractivity contribution in [1.29, 1.82) is 0 Å². The second-order valence-electron chi connectivity index (χ2n) is 4.81. The van der Waals surface area contributed by atoms with Crippen LogP contribution in [0.5, 0.6) is 0 Å². The van der Waals surface area contributed by atoms with Gasteiger partial charge < -0.3 is 0 Å². The Morgan fingerprint density at radius 2 is 1.78 bits per heavy atom. The Morgan fingerprint density at radius 3 is 2.28 bits per heavy atom. The van der Waals surface area contributed by atoms with Crippen LogP contribution in [-0.2, 0) is 4.74 Å². The van der Waals surface area contributed by atoms with Crippen molar-refractivity contribution >= 4 is 18.7 Å². The van der Waals surface area contributed by atoms with E-state index in [0.717, 1.165) is 6.91 Å². The number of hydrogen-bond donors (Lipinski definition) is 1. The molecule has 1 N–H and O–H groups in total. The molecule has 0 atom stereocenters. The molecule has 0 aromatic carbocycles. The number of nitrogens with one attached hydrogen (secondary N) is 1. The van der Waals surface area contributed by atoms with Crippen molar-refractivity contribution in [2.75, 3.05) is 5.32 Å². The van der Waals surface area contributed by atoms with Gasteiger partial charge in [0.25, 0.3) is 0 Å². The fourth-order valence-electron chi connectivity index (χ4n) is 1.27. The summed E-state index contributed by atoms with van der Waals surface area (Å²) < 4.78 is 44.2. The van der Waals surface area contributed by atoms with Crippen LogP contribution in [0.4, 0.5) is 23.7 Å². The van der Waals surface area contributed by atoms with Gasteiger partial charge in [-0.3, -0.25) is 0 Å². The molecule has 18 heavy (non-hydrogen) atoms. The summed E-state index contributed by atoms with van der Waals surface area (Å²) in [6, 6.07) is 0. The molecule has 0 radical (unpaired) electrons. The number of carbonyl (C=O) groups is 1. The van der Waals surface area contributed by atoms with Gasteiger partial charge in [-0.25, -0.2) is 0 Å². The SMILES string of the molecule is Cc1bc(F)c(F)c(F)c1NC(=O)OC(C)(C)C. The zero-order valence-electron chi connectivity index (χ0n) is 10.5. The molecule has 0 aliphatic carbocycles. The van der Waals surface area contributed by atoms with E-state index >= 15 is 0 Å². The number of halogens is 3. The van der Waals surface area contributed by atoms with Crippen LogP contribution in [0.15, 0.2) is 0 Å². The first-order valence-corrected chi connectivity index (χ1v) is 5.26. The maximum absolute atomic E-state index is 13.4. The van der Waals surface area contributed by atoms with E-state index in [1.54, 1.807) is 20.8 Å². The topological polar surface area (TPSA) is 38.3 Å². The first-order valence-electron chi connectivity index (χ1n) is 5.26. The number of hydrogen-bond acceptors (Lipinski definition) is 2. The summed E-state index contributed by atoms with van der Waals surface area (Å²) >= 11 is 0. The molecule has 0 spiro atoms. The summed E-state index contributed by atoms with van der Waals surface area (Å²) in [5.74, 6) is -3.08. The van der Waals surface area contributed by atoms with Crippen LogP contribution in [0.1, 0.15) is 26.2 Å². The summed E-state index contributed by atoms with van der Waals surface area (Å²) in [6.45, 7) is 7.02. The van der Waals surface area contributed by atoms with Crippen LogP contribution in [0.25, 0.3) is 0 Å². The Balaban J connectivity index is 2.99. The van der Waals surface area contributed by atoms with Crippen LogP contribution in [-0.4, -0.2) is 18.6 Å². The van der Waals surface area contributed by atoms with E-state index < -0.39 is 34.7 Å². The molecule has 1 heterocycles. The zero-order valence-corrected chi connectivity index (χ0v) is 10.5. The van der Waals surface area contributed by atoms with Crippen LogP contribution < -0.4 is 5.32 Å². The van der Waals surface area contributed by atoms with Crippen molar-refractivity contribution in [3.05, 3.63) is 22.8 Å². The fraction of sp³-hybridized carbons (Fsp3) is 0.455. The molecule has 0 bridgehead atoms. The molecule has 98 valence electrons. The molecular weight excluding hydrogens is 246 g/mol. The molecule has 0 fully saturated rings. The molecular formula is C11H13BF3NO2. The monoisotopic (exact) mass is 259 g/mol. The Kier molecular flexibility index (Phi) is 4.03. The third-order valence-corrected chi connectivity index (χ3v) is 1.99. The average molecular weight is 259 g/mol. The molecule has 0 unspecified atom stereocenters. The van der Waals surface area contributed by atoms with Crippen LogP contribution in [0, 0.1) is 24.3 Å². The Hall–Kier alpha value is -1.53. The number of rotatable bonds is 1. The normalized spacial score (nSPS) is 11.1. The van der Waals surface area contributed by atoms with Gasteiger partial charge in [-0.2, -0.15) is 0 Å². The van der Waals surface area contributed by atoms with Crippen molar-refractivity contribution in [2.45, 2.75) is 33.3 Å².